The van der Waals surface area contributed by atoms with Gasteiger partial charge in [0.15, 0.2) is 0 Å². The Bertz CT molecular complexity index is 1200. The predicted molar refractivity (Wildman–Crippen MR) is 133 cm³/mol. The Kier molecular flexibility index (Phi) is 6.06. The average Bonchev–Trinajstić information content (AvgIpc) is 3.52. The second-order valence-corrected chi connectivity index (χ2v) is 8.91. The molecule has 0 saturated heterocycles. The Balaban J connectivity index is 1.74. The maximum Gasteiger partial charge on any atom is 0.338 e. The van der Waals surface area contributed by atoms with Crippen molar-refractivity contribution in [2.45, 2.75) is 38.5 Å². The third kappa shape index (κ3) is 3.83. The molecule has 0 radical (unpaired) electrons. The molecule has 0 fully saturated rings. The number of rotatable bonds is 4. The van der Waals surface area contributed by atoms with Crippen LogP contribution < -0.4 is 0 Å². The highest BCUT2D eigenvalue weighted by Crippen LogP contribution is 2.47. The monoisotopic (exact) mass is 452 g/mol. The molecule has 0 bridgehead atoms. The number of carbonyl (C=O) groups excluding carboxylic acids is 2. The Morgan fingerprint density at radius 1 is 0.618 bits per heavy atom. The number of ether oxygens (including phenoxy) is 2. The van der Waals surface area contributed by atoms with E-state index >= 15 is 0 Å². The Labute approximate surface area is 200 Å². The van der Waals surface area contributed by atoms with Crippen molar-refractivity contribution >= 4 is 23.1 Å². The lowest BCUT2D eigenvalue weighted by molar-refractivity contribution is 0.0591. The van der Waals surface area contributed by atoms with Gasteiger partial charge in [-0.3, -0.25) is 0 Å². The van der Waals surface area contributed by atoms with Crippen LogP contribution in [0.3, 0.4) is 0 Å². The van der Waals surface area contributed by atoms with Gasteiger partial charge in [0.2, 0.25) is 0 Å². The number of hydrogen-bond acceptors (Lipinski definition) is 4. The van der Waals surface area contributed by atoms with Gasteiger partial charge < -0.3 is 9.47 Å². The highest BCUT2D eigenvalue weighted by Gasteiger charge is 2.28. The highest BCUT2D eigenvalue weighted by atomic mass is 16.5. The van der Waals surface area contributed by atoms with Crippen molar-refractivity contribution in [2.24, 2.45) is 0 Å². The van der Waals surface area contributed by atoms with Gasteiger partial charge in [-0.1, -0.05) is 48.6 Å². The van der Waals surface area contributed by atoms with E-state index in [9.17, 15) is 9.59 Å². The van der Waals surface area contributed by atoms with Crippen LogP contribution in [0, 0.1) is 0 Å². The molecule has 34 heavy (non-hydrogen) atoms. The van der Waals surface area contributed by atoms with Crippen LogP contribution in [0.15, 0.2) is 83.0 Å². The van der Waals surface area contributed by atoms with E-state index in [-0.39, 0.29) is 11.9 Å². The Hall–Kier alpha value is -3.66. The van der Waals surface area contributed by atoms with Crippen LogP contribution >= 0.6 is 0 Å². The maximum absolute atomic E-state index is 12.6. The average molecular weight is 453 g/mol. The summed E-state index contributed by atoms with van der Waals surface area (Å²) in [7, 11) is 2.86. The van der Waals surface area contributed by atoms with E-state index in [1.165, 1.54) is 36.5 Å². The Morgan fingerprint density at radius 3 is 1.44 bits per heavy atom. The van der Waals surface area contributed by atoms with Gasteiger partial charge in [-0.15, -0.1) is 0 Å². The number of esters is 2. The molecule has 0 unspecified atom stereocenters. The van der Waals surface area contributed by atoms with E-state index < -0.39 is 0 Å². The lowest BCUT2D eigenvalue weighted by atomic mass is 9.84. The summed E-state index contributed by atoms with van der Waals surface area (Å²) < 4.78 is 10.2. The van der Waals surface area contributed by atoms with Crippen molar-refractivity contribution < 1.29 is 19.1 Å². The van der Waals surface area contributed by atoms with Gasteiger partial charge in [0.1, 0.15) is 0 Å². The molecular formula is C30H28O4. The number of carbonyl (C=O) groups is 2. The summed E-state index contributed by atoms with van der Waals surface area (Å²) in [4.78, 5) is 25.2. The van der Waals surface area contributed by atoms with Crippen LogP contribution in [-0.2, 0) is 9.47 Å². The molecule has 3 aliphatic rings. The minimum atomic E-state index is -0.317. The molecule has 2 aromatic carbocycles. The molecular weight excluding hydrogens is 424 g/mol. The van der Waals surface area contributed by atoms with Gasteiger partial charge in [0, 0.05) is 0 Å². The number of benzene rings is 2. The van der Waals surface area contributed by atoms with E-state index in [2.05, 4.69) is 12.2 Å². The highest BCUT2D eigenvalue weighted by molar-refractivity contribution is 6.01. The van der Waals surface area contributed by atoms with Gasteiger partial charge in [-0.05, 0) is 95.2 Å². The van der Waals surface area contributed by atoms with Crippen LogP contribution in [0.1, 0.15) is 70.4 Å². The molecule has 2 aromatic rings. The molecule has 172 valence electrons. The minimum Gasteiger partial charge on any atom is -0.465 e. The van der Waals surface area contributed by atoms with Crippen LogP contribution in [0.2, 0.25) is 0 Å². The minimum absolute atomic E-state index is 0.317. The zero-order valence-electron chi connectivity index (χ0n) is 19.6. The quantitative estimate of drug-likeness (QED) is 0.484. The van der Waals surface area contributed by atoms with E-state index in [1.807, 2.05) is 48.5 Å². The van der Waals surface area contributed by atoms with Gasteiger partial charge in [-0.2, -0.15) is 0 Å². The summed E-state index contributed by atoms with van der Waals surface area (Å²) in [6.45, 7) is 0. The second-order valence-electron chi connectivity index (χ2n) is 8.91. The summed E-state index contributed by atoms with van der Waals surface area (Å²) >= 11 is 0. The van der Waals surface area contributed by atoms with Crippen molar-refractivity contribution in [3.05, 3.63) is 105 Å². The summed E-state index contributed by atoms with van der Waals surface area (Å²) in [5.74, 6) is -0.634. The molecule has 0 amide bonds. The molecule has 0 aliphatic heterocycles. The standard InChI is InChI=1S/C30H28O4/c1-33-29(31)25-13-5-3-11-23(25)27-17-19-9-8-16-22(19)28(18-20-10-7-15-21(20)27)24-12-4-6-14-26(24)30(32)34-2/h3-6,11-14,17-18H,7-10,15-16H2,1-2H3/b19-17?,20-18?,27-17+,27-21?,28-18+,28-22?. The molecule has 0 saturated carbocycles. The fraction of sp³-hybridized carbons (Fsp3) is 0.267. The van der Waals surface area contributed by atoms with Crippen molar-refractivity contribution in [3.8, 4) is 0 Å². The molecule has 5 rings (SSSR count). The van der Waals surface area contributed by atoms with Crippen LogP contribution in [0.5, 0.6) is 0 Å². The van der Waals surface area contributed by atoms with Crippen molar-refractivity contribution in [3.63, 3.8) is 0 Å². The molecule has 4 heteroatoms. The van der Waals surface area contributed by atoms with Gasteiger partial charge in [-0.25, -0.2) is 9.59 Å². The van der Waals surface area contributed by atoms with Crippen LogP contribution in [-0.4, -0.2) is 26.2 Å². The zero-order chi connectivity index (χ0) is 23.7. The molecule has 3 aliphatic carbocycles. The second kappa shape index (κ2) is 9.30. The first-order valence-electron chi connectivity index (χ1n) is 11.9. The fourth-order valence-electron chi connectivity index (χ4n) is 5.48. The van der Waals surface area contributed by atoms with Crippen molar-refractivity contribution in [1.29, 1.82) is 0 Å². The smallest absolute Gasteiger partial charge is 0.338 e. The molecule has 4 nitrogen and oxygen atoms in total. The van der Waals surface area contributed by atoms with Gasteiger partial charge in [0.05, 0.1) is 25.3 Å². The number of methoxy groups -OCH3 is 2. The predicted octanol–water partition coefficient (Wildman–Crippen LogP) is 6.70. The largest absolute Gasteiger partial charge is 0.465 e. The van der Waals surface area contributed by atoms with Crippen molar-refractivity contribution in [2.75, 3.05) is 14.2 Å². The van der Waals surface area contributed by atoms with E-state index in [0.29, 0.717) is 11.1 Å². The lowest BCUT2D eigenvalue weighted by Gasteiger charge is -2.21. The summed E-state index contributed by atoms with van der Waals surface area (Å²) in [6, 6.07) is 15.4. The first-order chi connectivity index (χ1) is 16.6. The topological polar surface area (TPSA) is 52.6 Å². The molecule has 0 atom stereocenters. The van der Waals surface area contributed by atoms with Crippen LogP contribution in [0.25, 0.3) is 11.1 Å². The number of hydrogen-bond donors (Lipinski definition) is 0. The number of allylic oxidation sites excluding steroid dienone is 8. The lowest BCUT2D eigenvalue weighted by Crippen LogP contribution is -2.08. The summed E-state index contributed by atoms with van der Waals surface area (Å²) in [5, 5.41) is 0. The summed E-state index contributed by atoms with van der Waals surface area (Å²) in [6.07, 6.45) is 10.6. The molecule has 0 spiro atoms. The van der Waals surface area contributed by atoms with E-state index in [1.54, 1.807) is 0 Å². The molecule has 0 aromatic heterocycles. The normalized spacial score (nSPS) is 20.4. The SMILES string of the molecule is COC(=O)c1ccccc1/C1=C/C2=C(CCC2)C(/c2ccccc2C(=O)OC)=C\C2=C1CCC2. The van der Waals surface area contributed by atoms with Crippen molar-refractivity contribution in [1.82, 2.24) is 0 Å². The van der Waals surface area contributed by atoms with E-state index in [4.69, 9.17) is 9.47 Å². The third-order valence-corrected chi connectivity index (χ3v) is 7.05. The molecule has 0 heterocycles. The zero-order valence-corrected chi connectivity index (χ0v) is 19.6. The Morgan fingerprint density at radius 2 is 1.03 bits per heavy atom. The van der Waals surface area contributed by atoms with E-state index in [0.717, 1.165) is 60.8 Å². The third-order valence-electron chi connectivity index (χ3n) is 7.05. The summed E-state index contributed by atoms with van der Waals surface area (Å²) in [5.41, 5.74) is 10.4. The van der Waals surface area contributed by atoms with Gasteiger partial charge in [0.25, 0.3) is 0 Å². The first kappa shape index (κ1) is 22.1. The first-order valence-corrected chi connectivity index (χ1v) is 11.9. The van der Waals surface area contributed by atoms with Gasteiger partial charge >= 0.3 is 11.9 Å². The fourth-order valence-corrected chi connectivity index (χ4v) is 5.48. The molecule has 0 N–H and O–H groups in total. The van der Waals surface area contributed by atoms with Crippen LogP contribution in [0.4, 0.5) is 0 Å². The maximum atomic E-state index is 12.6.